The van der Waals surface area contributed by atoms with Gasteiger partial charge in [-0.25, -0.2) is 0 Å². The number of amides is 1. The minimum atomic E-state index is -0.0529. The number of nitrogens with one attached hydrogen (secondary N) is 2. The van der Waals surface area contributed by atoms with Crippen molar-refractivity contribution in [2.24, 2.45) is 0 Å². The third-order valence-electron chi connectivity index (χ3n) is 2.84. The first-order chi connectivity index (χ1) is 8.74. The fraction of sp³-hybridized carbons (Fsp3) is 0.462. The van der Waals surface area contributed by atoms with E-state index in [1.54, 1.807) is 24.3 Å². The highest BCUT2D eigenvalue weighted by molar-refractivity contribution is 6.30. The monoisotopic (exact) mass is 268 g/mol. The van der Waals surface area contributed by atoms with Crippen LogP contribution in [0.1, 0.15) is 12.8 Å². The molecule has 0 spiro atoms. The van der Waals surface area contributed by atoms with Crippen LogP contribution in [0, 0.1) is 0 Å². The number of carbonyl (C=O) groups is 1. The molecule has 1 fully saturated rings. The second-order valence-corrected chi connectivity index (χ2v) is 4.79. The van der Waals surface area contributed by atoms with Gasteiger partial charge >= 0.3 is 0 Å². The Kier molecular flexibility index (Phi) is 4.99. The molecule has 0 aliphatic carbocycles. The Morgan fingerprint density at radius 1 is 1.39 bits per heavy atom. The predicted molar refractivity (Wildman–Crippen MR) is 71.9 cm³/mol. The molecule has 4 nitrogen and oxygen atoms in total. The van der Waals surface area contributed by atoms with Crippen molar-refractivity contribution in [1.82, 2.24) is 5.32 Å². The van der Waals surface area contributed by atoms with E-state index in [1.807, 2.05) is 0 Å². The zero-order chi connectivity index (χ0) is 12.8. The minimum absolute atomic E-state index is 0.0529. The summed E-state index contributed by atoms with van der Waals surface area (Å²) in [6.07, 6.45) is 2.12. The molecule has 1 aromatic carbocycles. The van der Waals surface area contributed by atoms with Gasteiger partial charge in [0.1, 0.15) is 0 Å². The van der Waals surface area contributed by atoms with Crippen molar-refractivity contribution >= 4 is 23.2 Å². The van der Waals surface area contributed by atoms with Crippen molar-refractivity contribution in [3.8, 4) is 0 Å². The van der Waals surface area contributed by atoms with Crippen LogP contribution in [0.4, 0.5) is 5.69 Å². The van der Waals surface area contributed by atoms with Gasteiger partial charge in [0, 0.05) is 23.4 Å². The van der Waals surface area contributed by atoms with Gasteiger partial charge in [0.05, 0.1) is 13.2 Å². The third kappa shape index (κ3) is 4.29. The summed E-state index contributed by atoms with van der Waals surface area (Å²) in [4.78, 5) is 11.7. The predicted octanol–water partition coefficient (Wildman–Crippen LogP) is 2.05. The molecule has 0 saturated carbocycles. The molecule has 1 saturated heterocycles. The number of halogens is 1. The van der Waals surface area contributed by atoms with Crippen molar-refractivity contribution in [2.75, 3.05) is 25.1 Å². The highest BCUT2D eigenvalue weighted by Gasteiger charge is 2.14. The van der Waals surface area contributed by atoms with Crippen LogP contribution in [0.5, 0.6) is 0 Å². The quantitative estimate of drug-likeness (QED) is 0.879. The van der Waals surface area contributed by atoms with Crippen molar-refractivity contribution in [2.45, 2.75) is 18.9 Å². The Labute approximate surface area is 112 Å². The molecule has 2 N–H and O–H groups in total. The van der Waals surface area contributed by atoms with E-state index >= 15 is 0 Å². The van der Waals surface area contributed by atoms with E-state index < -0.39 is 0 Å². The highest BCUT2D eigenvalue weighted by atomic mass is 35.5. The summed E-state index contributed by atoms with van der Waals surface area (Å²) in [7, 11) is 0. The number of rotatable bonds is 4. The Hall–Kier alpha value is -1.10. The molecule has 1 unspecified atom stereocenters. The number of hydrogen-bond acceptors (Lipinski definition) is 3. The van der Waals surface area contributed by atoms with Crippen LogP contribution in [0.2, 0.25) is 5.02 Å². The average Bonchev–Trinajstić information content (AvgIpc) is 2.40. The summed E-state index contributed by atoms with van der Waals surface area (Å²) in [6.45, 7) is 1.82. The van der Waals surface area contributed by atoms with Crippen LogP contribution >= 0.6 is 11.6 Å². The molecule has 0 bridgehead atoms. The fourth-order valence-corrected chi connectivity index (χ4v) is 2.00. The normalized spacial score (nSPS) is 19.5. The molecule has 5 heteroatoms. The number of hydrogen-bond donors (Lipinski definition) is 2. The zero-order valence-corrected chi connectivity index (χ0v) is 10.9. The second kappa shape index (κ2) is 6.73. The van der Waals surface area contributed by atoms with E-state index in [0.29, 0.717) is 18.2 Å². The first-order valence-corrected chi connectivity index (χ1v) is 6.48. The van der Waals surface area contributed by atoms with Crippen molar-refractivity contribution < 1.29 is 9.53 Å². The molecule has 1 atom stereocenters. The van der Waals surface area contributed by atoms with Crippen molar-refractivity contribution in [1.29, 1.82) is 0 Å². The van der Waals surface area contributed by atoms with Crippen LogP contribution in [0.15, 0.2) is 24.3 Å². The van der Waals surface area contributed by atoms with Crippen LogP contribution in [0.3, 0.4) is 0 Å². The molecule has 2 rings (SSSR count). The standard InChI is InChI=1S/C13H17ClN2O2/c14-10-3-5-11(6-4-10)16-13(17)8-15-12-2-1-7-18-9-12/h3-6,12,15H,1-2,7-9H2,(H,16,17). The van der Waals surface area contributed by atoms with Gasteiger partial charge < -0.3 is 15.4 Å². The topological polar surface area (TPSA) is 50.4 Å². The SMILES string of the molecule is O=C(CNC1CCCOC1)Nc1ccc(Cl)cc1. The summed E-state index contributed by atoms with van der Waals surface area (Å²) < 4.78 is 5.34. The fourth-order valence-electron chi connectivity index (χ4n) is 1.88. The van der Waals surface area contributed by atoms with Gasteiger partial charge in [-0.1, -0.05) is 11.6 Å². The lowest BCUT2D eigenvalue weighted by Gasteiger charge is -2.22. The van der Waals surface area contributed by atoms with Gasteiger partial charge in [0.15, 0.2) is 0 Å². The molecule has 98 valence electrons. The summed E-state index contributed by atoms with van der Waals surface area (Å²) in [5, 5.41) is 6.66. The van der Waals surface area contributed by atoms with Crippen LogP contribution in [-0.2, 0) is 9.53 Å². The maximum atomic E-state index is 11.7. The van der Waals surface area contributed by atoms with E-state index in [-0.39, 0.29) is 11.9 Å². The third-order valence-corrected chi connectivity index (χ3v) is 3.09. The van der Waals surface area contributed by atoms with Crippen molar-refractivity contribution in [3.05, 3.63) is 29.3 Å². The first kappa shape index (κ1) is 13.3. The van der Waals surface area contributed by atoms with Gasteiger partial charge in [-0.3, -0.25) is 4.79 Å². The number of ether oxygens (including phenoxy) is 1. The molecule has 1 heterocycles. The van der Waals surface area contributed by atoms with Gasteiger partial charge in [-0.2, -0.15) is 0 Å². The van der Waals surface area contributed by atoms with E-state index in [2.05, 4.69) is 10.6 Å². The van der Waals surface area contributed by atoms with Crippen molar-refractivity contribution in [3.63, 3.8) is 0 Å². The van der Waals surface area contributed by atoms with Crippen LogP contribution in [0.25, 0.3) is 0 Å². The average molecular weight is 269 g/mol. The van der Waals surface area contributed by atoms with Gasteiger partial charge in [-0.15, -0.1) is 0 Å². The Morgan fingerprint density at radius 2 is 2.17 bits per heavy atom. The van der Waals surface area contributed by atoms with E-state index in [9.17, 15) is 4.79 Å². The lowest BCUT2D eigenvalue weighted by molar-refractivity contribution is -0.115. The Balaban J connectivity index is 1.73. The highest BCUT2D eigenvalue weighted by Crippen LogP contribution is 2.13. The lowest BCUT2D eigenvalue weighted by Crippen LogP contribution is -2.41. The molecule has 1 aromatic rings. The smallest absolute Gasteiger partial charge is 0.238 e. The molecule has 1 amide bonds. The molecular weight excluding hydrogens is 252 g/mol. The number of carbonyl (C=O) groups excluding carboxylic acids is 1. The van der Waals surface area contributed by atoms with E-state index in [0.717, 1.165) is 25.1 Å². The Bertz CT molecular complexity index is 388. The van der Waals surface area contributed by atoms with Gasteiger partial charge in [0.25, 0.3) is 0 Å². The Morgan fingerprint density at radius 3 is 2.83 bits per heavy atom. The number of anilines is 1. The van der Waals surface area contributed by atoms with E-state index in [4.69, 9.17) is 16.3 Å². The maximum Gasteiger partial charge on any atom is 0.238 e. The molecular formula is C13H17ClN2O2. The summed E-state index contributed by atoms with van der Waals surface area (Å²) in [5.41, 5.74) is 0.756. The molecule has 18 heavy (non-hydrogen) atoms. The minimum Gasteiger partial charge on any atom is -0.380 e. The molecule has 0 aromatic heterocycles. The molecule has 1 aliphatic rings. The molecule has 0 radical (unpaired) electrons. The maximum absolute atomic E-state index is 11.7. The summed E-state index contributed by atoms with van der Waals surface area (Å²) in [6, 6.07) is 7.35. The van der Waals surface area contributed by atoms with Crippen LogP contribution < -0.4 is 10.6 Å². The van der Waals surface area contributed by atoms with Crippen LogP contribution in [-0.4, -0.2) is 31.7 Å². The van der Waals surface area contributed by atoms with Gasteiger partial charge in [-0.05, 0) is 37.1 Å². The summed E-state index contributed by atoms with van der Waals surface area (Å²) >= 11 is 5.77. The van der Waals surface area contributed by atoms with E-state index in [1.165, 1.54) is 0 Å². The second-order valence-electron chi connectivity index (χ2n) is 4.35. The van der Waals surface area contributed by atoms with Gasteiger partial charge in [0.2, 0.25) is 5.91 Å². The summed E-state index contributed by atoms with van der Waals surface area (Å²) in [5.74, 6) is -0.0529. The largest absolute Gasteiger partial charge is 0.380 e. The number of benzene rings is 1. The lowest BCUT2D eigenvalue weighted by atomic mass is 10.1. The first-order valence-electron chi connectivity index (χ1n) is 6.10. The molecule has 1 aliphatic heterocycles. The zero-order valence-electron chi connectivity index (χ0n) is 10.1.